The van der Waals surface area contributed by atoms with Crippen LogP contribution in [0.3, 0.4) is 0 Å². The Labute approximate surface area is 116 Å². The highest BCUT2D eigenvalue weighted by molar-refractivity contribution is 5.83. The van der Waals surface area contributed by atoms with E-state index in [1.165, 1.54) is 0 Å². The molecule has 100 valence electrons. The molecule has 1 aromatic carbocycles. The number of hydrogen-bond acceptors (Lipinski definition) is 5. The fourth-order valence-corrected chi connectivity index (χ4v) is 2.37. The first-order chi connectivity index (χ1) is 9.79. The fraction of sp³-hybridized carbons (Fsp3) is 0.133. The summed E-state index contributed by atoms with van der Waals surface area (Å²) in [6, 6.07) is 9.82. The summed E-state index contributed by atoms with van der Waals surface area (Å²) in [5.41, 5.74) is 6.56. The molecule has 3 rings (SSSR count). The average Bonchev–Trinajstić information content (AvgIpc) is 2.49. The maximum absolute atomic E-state index is 5.74. The number of benzene rings is 1. The summed E-state index contributed by atoms with van der Waals surface area (Å²) in [6.45, 7) is 1.97. The van der Waals surface area contributed by atoms with Gasteiger partial charge in [0.25, 0.3) is 0 Å². The Morgan fingerprint density at radius 1 is 1.20 bits per heavy atom. The minimum atomic E-state index is -0.213. The van der Waals surface area contributed by atoms with Crippen LogP contribution in [0.5, 0.6) is 0 Å². The van der Waals surface area contributed by atoms with Crippen molar-refractivity contribution >= 4 is 10.9 Å². The molecule has 0 spiro atoms. The third kappa shape index (κ3) is 2.24. The van der Waals surface area contributed by atoms with E-state index in [2.05, 4.69) is 20.4 Å². The van der Waals surface area contributed by atoms with Crippen molar-refractivity contribution in [2.75, 3.05) is 0 Å². The monoisotopic (exact) mass is 265 g/mol. The van der Waals surface area contributed by atoms with Gasteiger partial charge in [-0.2, -0.15) is 0 Å². The van der Waals surface area contributed by atoms with E-state index in [1.54, 1.807) is 18.6 Å². The van der Waals surface area contributed by atoms with E-state index in [9.17, 15) is 0 Å². The molecule has 1 unspecified atom stereocenters. The number of aryl methyl sites for hydroxylation is 1. The van der Waals surface area contributed by atoms with Crippen LogP contribution in [-0.2, 0) is 0 Å². The van der Waals surface area contributed by atoms with Gasteiger partial charge in [0.1, 0.15) is 0 Å². The molecule has 0 amide bonds. The quantitative estimate of drug-likeness (QED) is 0.558. The zero-order valence-electron chi connectivity index (χ0n) is 11.1. The van der Waals surface area contributed by atoms with E-state index < -0.39 is 0 Å². The Morgan fingerprint density at radius 3 is 2.80 bits per heavy atom. The summed E-state index contributed by atoms with van der Waals surface area (Å²) >= 11 is 0. The van der Waals surface area contributed by atoms with E-state index in [-0.39, 0.29) is 6.04 Å². The molecule has 0 radical (unpaired) electrons. The lowest BCUT2D eigenvalue weighted by atomic mass is 9.99. The summed E-state index contributed by atoms with van der Waals surface area (Å²) < 4.78 is 0. The zero-order valence-corrected chi connectivity index (χ0v) is 11.1. The fourth-order valence-electron chi connectivity index (χ4n) is 2.37. The van der Waals surface area contributed by atoms with Gasteiger partial charge in [-0.15, -0.1) is 0 Å². The molecule has 3 aromatic rings. The predicted molar refractivity (Wildman–Crippen MR) is 77.7 cm³/mol. The van der Waals surface area contributed by atoms with Gasteiger partial charge in [-0.25, -0.2) is 5.43 Å². The minimum Gasteiger partial charge on any atom is -0.271 e. The van der Waals surface area contributed by atoms with E-state index in [0.717, 1.165) is 27.9 Å². The van der Waals surface area contributed by atoms with Gasteiger partial charge in [-0.05, 0) is 24.6 Å². The van der Waals surface area contributed by atoms with Crippen molar-refractivity contribution in [2.45, 2.75) is 13.0 Å². The van der Waals surface area contributed by atoms with E-state index >= 15 is 0 Å². The van der Waals surface area contributed by atoms with Crippen LogP contribution in [0.15, 0.2) is 48.9 Å². The molecule has 0 bridgehead atoms. The predicted octanol–water partition coefficient (Wildman–Crippen LogP) is 1.89. The first kappa shape index (κ1) is 12.7. The molecule has 0 aliphatic heterocycles. The number of rotatable bonds is 3. The molecule has 5 nitrogen and oxygen atoms in total. The highest BCUT2D eigenvalue weighted by Gasteiger charge is 2.17. The van der Waals surface area contributed by atoms with E-state index in [4.69, 9.17) is 5.84 Å². The van der Waals surface area contributed by atoms with Gasteiger partial charge in [0, 0.05) is 23.5 Å². The van der Waals surface area contributed by atoms with Crippen LogP contribution in [-0.4, -0.2) is 15.0 Å². The number of pyridine rings is 1. The Kier molecular flexibility index (Phi) is 3.37. The molecule has 0 fully saturated rings. The molecular weight excluding hydrogens is 250 g/mol. The highest BCUT2D eigenvalue weighted by atomic mass is 15.2. The van der Waals surface area contributed by atoms with Crippen molar-refractivity contribution in [3.8, 4) is 0 Å². The second kappa shape index (κ2) is 5.32. The SMILES string of the molecule is Cc1cc(C(NN)c2cnccn2)c2ccccc2n1. The smallest absolute Gasteiger partial charge is 0.0904 e. The topological polar surface area (TPSA) is 76.7 Å². The van der Waals surface area contributed by atoms with Gasteiger partial charge in [-0.3, -0.25) is 20.8 Å². The van der Waals surface area contributed by atoms with Gasteiger partial charge in [0.2, 0.25) is 0 Å². The largest absolute Gasteiger partial charge is 0.271 e. The maximum Gasteiger partial charge on any atom is 0.0904 e. The second-order valence-corrected chi connectivity index (χ2v) is 4.60. The molecule has 5 heteroatoms. The average molecular weight is 265 g/mol. The number of hydrogen-bond donors (Lipinski definition) is 2. The molecular formula is C15H15N5. The number of fused-ring (bicyclic) bond motifs is 1. The molecule has 0 saturated carbocycles. The van der Waals surface area contributed by atoms with Crippen LogP contribution in [0, 0.1) is 6.92 Å². The van der Waals surface area contributed by atoms with E-state index in [0.29, 0.717) is 0 Å². The number of aromatic nitrogens is 3. The minimum absolute atomic E-state index is 0.213. The van der Waals surface area contributed by atoms with Gasteiger partial charge >= 0.3 is 0 Å². The molecule has 20 heavy (non-hydrogen) atoms. The van der Waals surface area contributed by atoms with Crippen LogP contribution in [0.2, 0.25) is 0 Å². The number of nitrogens with one attached hydrogen (secondary N) is 1. The standard InChI is InChI=1S/C15H15N5/c1-10-8-12(11-4-2-3-5-13(11)19-10)15(20-16)14-9-17-6-7-18-14/h2-9,15,20H,16H2,1H3. The van der Waals surface area contributed by atoms with Crippen molar-refractivity contribution in [1.29, 1.82) is 0 Å². The van der Waals surface area contributed by atoms with Gasteiger partial charge in [0.15, 0.2) is 0 Å². The third-order valence-corrected chi connectivity index (χ3v) is 3.23. The van der Waals surface area contributed by atoms with Crippen LogP contribution in [0.4, 0.5) is 0 Å². The summed E-state index contributed by atoms with van der Waals surface area (Å²) in [5, 5.41) is 1.06. The van der Waals surface area contributed by atoms with E-state index in [1.807, 2.05) is 37.3 Å². The second-order valence-electron chi connectivity index (χ2n) is 4.60. The molecule has 3 N–H and O–H groups in total. The summed E-state index contributed by atoms with van der Waals surface area (Å²) in [7, 11) is 0. The molecule has 0 aliphatic rings. The molecule has 0 aliphatic carbocycles. The Bertz CT molecular complexity index is 727. The Hall–Kier alpha value is -2.37. The molecule has 0 saturated heterocycles. The first-order valence-corrected chi connectivity index (χ1v) is 6.38. The summed E-state index contributed by atoms with van der Waals surface area (Å²) in [4.78, 5) is 13.0. The van der Waals surface area contributed by atoms with Crippen molar-refractivity contribution in [2.24, 2.45) is 5.84 Å². The lowest BCUT2D eigenvalue weighted by molar-refractivity contribution is 0.620. The van der Waals surface area contributed by atoms with Gasteiger partial charge in [-0.1, -0.05) is 18.2 Å². The van der Waals surface area contributed by atoms with Gasteiger partial charge in [0.05, 0.1) is 23.4 Å². The zero-order chi connectivity index (χ0) is 13.9. The van der Waals surface area contributed by atoms with Crippen LogP contribution < -0.4 is 11.3 Å². The maximum atomic E-state index is 5.74. The van der Waals surface area contributed by atoms with Crippen LogP contribution in [0.25, 0.3) is 10.9 Å². The van der Waals surface area contributed by atoms with Crippen molar-refractivity contribution in [1.82, 2.24) is 20.4 Å². The highest BCUT2D eigenvalue weighted by Crippen LogP contribution is 2.27. The molecule has 2 aromatic heterocycles. The number of para-hydroxylation sites is 1. The van der Waals surface area contributed by atoms with Crippen LogP contribution in [0.1, 0.15) is 23.0 Å². The summed E-state index contributed by atoms with van der Waals surface area (Å²) in [5.74, 6) is 5.74. The number of hydrazine groups is 1. The van der Waals surface area contributed by atoms with Crippen LogP contribution >= 0.6 is 0 Å². The summed E-state index contributed by atoms with van der Waals surface area (Å²) in [6.07, 6.45) is 5.03. The third-order valence-electron chi connectivity index (χ3n) is 3.23. The first-order valence-electron chi connectivity index (χ1n) is 6.38. The Morgan fingerprint density at radius 2 is 2.05 bits per heavy atom. The molecule has 1 atom stereocenters. The van der Waals surface area contributed by atoms with Gasteiger partial charge < -0.3 is 0 Å². The number of nitrogens with two attached hydrogens (primary N) is 1. The molecule has 2 heterocycles. The lowest BCUT2D eigenvalue weighted by Crippen LogP contribution is -2.30. The normalized spacial score (nSPS) is 12.5. The number of nitrogens with zero attached hydrogens (tertiary/aromatic N) is 3. The van der Waals surface area contributed by atoms with Crippen molar-refractivity contribution in [3.63, 3.8) is 0 Å². The lowest BCUT2D eigenvalue weighted by Gasteiger charge is -2.18. The van der Waals surface area contributed by atoms with Crippen molar-refractivity contribution < 1.29 is 0 Å². The Balaban J connectivity index is 2.22. The van der Waals surface area contributed by atoms with Crippen molar-refractivity contribution in [3.05, 3.63) is 65.9 Å².